The Bertz CT molecular complexity index is 1120. The van der Waals surface area contributed by atoms with Gasteiger partial charge < -0.3 is 30.3 Å². The molecule has 1 saturated carbocycles. The van der Waals surface area contributed by atoms with Crippen molar-refractivity contribution in [2.45, 2.75) is 95.7 Å². The van der Waals surface area contributed by atoms with Crippen LogP contribution in [0.15, 0.2) is 18.2 Å². The summed E-state index contributed by atoms with van der Waals surface area (Å²) >= 11 is 6.16. The number of nitrogens with zero attached hydrogens (tertiary/aromatic N) is 1. The minimum atomic E-state index is -0.904. The number of halogens is 1. The number of hydrogen-bond donors (Lipinski definition) is 3. The van der Waals surface area contributed by atoms with E-state index in [1.54, 1.807) is 6.92 Å². The molecule has 0 aromatic heterocycles. The lowest BCUT2D eigenvalue weighted by molar-refractivity contribution is -0.180. The first-order valence-corrected chi connectivity index (χ1v) is 13.8. The summed E-state index contributed by atoms with van der Waals surface area (Å²) in [5.74, 6) is -2.01. The number of nitrogens with one attached hydrogen (secondary N) is 3. The molecular formula is C27H35ClN4O7. The second kappa shape index (κ2) is 12.8. The number of rotatable bonds is 8. The molecule has 0 bridgehead atoms. The maximum absolute atomic E-state index is 13.2. The third-order valence-corrected chi connectivity index (χ3v) is 7.58. The third-order valence-electron chi connectivity index (χ3n) is 7.27. The molecule has 3 aliphatic rings. The predicted octanol–water partition coefficient (Wildman–Crippen LogP) is 2.51. The number of esters is 1. The van der Waals surface area contributed by atoms with Gasteiger partial charge in [-0.05, 0) is 50.8 Å². The van der Waals surface area contributed by atoms with Crippen LogP contribution < -0.4 is 16.0 Å². The Hall–Kier alpha value is -3.18. The predicted molar refractivity (Wildman–Crippen MR) is 142 cm³/mol. The van der Waals surface area contributed by atoms with E-state index in [4.69, 9.17) is 21.1 Å². The van der Waals surface area contributed by atoms with Gasteiger partial charge in [0.2, 0.25) is 24.0 Å². The highest BCUT2D eigenvalue weighted by Crippen LogP contribution is 2.27. The summed E-state index contributed by atoms with van der Waals surface area (Å²) in [6, 6.07) is 2.16. The van der Waals surface area contributed by atoms with Crippen LogP contribution in [0, 0.1) is 0 Å². The molecule has 2 aliphatic heterocycles. The molecule has 39 heavy (non-hydrogen) atoms. The van der Waals surface area contributed by atoms with Crippen molar-refractivity contribution in [1.82, 2.24) is 15.5 Å². The largest absolute Gasteiger partial charge is 0.433 e. The van der Waals surface area contributed by atoms with Crippen LogP contribution >= 0.6 is 11.6 Å². The molecule has 4 amide bonds. The second-order valence-corrected chi connectivity index (χ2v) is 10.7. The fourth-order valence-corrected chi connectivity index (χ4v) is 5.52. The van der Waals surface area contributed by atoms with Gasteiger partial charge in [-0.3, -0.25) is 24.0 Å². The molecule has 0 spiro atoms. The molecule has 11 nitrogen and oxygen atoms in total. The zero-order chi connectivity index (χ0) is 28.1. The Morgan fingerprint density at radius 2 is 1.85 bits per heavy atom. The first kappa shape index (κ1) is 28.8. The zero-order valence-electron chi connectivity index (χ0n) is 22.2. The maximum Gasteiger partial charge on any atom is 0.310 e. The van der Waals surface area contributed by atoms with Gasteiger partial charge in [0.05, 0.1) is 23.2 Å². The minimum Gasteiger partial charge on any atom is -0.433 e. The van der Waals surface area contributed by atoms with Crippen molar-refractivity contribution in [1.29, 1.82) is 0 Å². The van der Waals surface area contributed by atoms with E-state index in [-0.39, 0.29) is 34.9 Å². The molecule has 4 unspecified atom stereocenters. The van der Waals surface area contributed by atoms with Gasteiger partial charge in [0.1, 0.15) is 18.1 Å². The van der Waals surface area contributed by atoms with Gasteiger partial charge in [0.25, 0.3) is 5.91 Å². The van der Waals surface area contributed by atoms with Crippen LogP contribution in [0.5, 0.6) is 0 Å². The van der Waals surface area contributed by atoms with E-state index in [1.807, 2.05) is 0 Å². The molecule has 2 heterocycles. The van der Waals surface area contributed by atoms with Crippen molar-refractivity contribution >= 4 is 46.9 Å². The van der Waals surface area contributed by atoms with E-state index >= 15 is 0 Å². The zero-order valence-corrected chi connectivity index (χ0v) is 22.9. The van der Waals surface area contributed by atoms with E-state index in [2.05, 4.69) is 16.0 Å². The smallest absolute Gasteiger partial charge is 0.310 e. The second-order valence-electron chi connectivity index (χ2n) is 10.3. The number of likely N-dealkylation sites (tertiary alicyclic amines) is 1. The van der Waals surface area contributed by atoms with Crippen molar-refractivity contribution in [3.05, 3.63) is 28.8 Å². The van der Waals surface area contributed by atoms with E-state index in [9.17, 15) is 24.0 Å². The maximum atomic E-state index is 13.2. The molecule has 1 aliphatic carbocycles. The first-order valence-electron chi connectivity index (χ1n) is 13.5. The average molecular weight is 563 g/mol. The highest BCUT2D eigenvalue weighted by molar-refractivity contribution is 6.34. The van der Waals surface area contributed by atoms with Gasteiger partial charge in [-0.1, -0.05) is 30.9 Å². The van der Waals surface area contributed by atoms with E-state index < -0.39 is 42.2 Å². The average Bonchev–Trinajstić information content (AvgIpc) is 3.51. The van der Waals surface area contributed by atoms with Crippen molar-refractivity contribution in [2.75, 3.05) is 11.9 Å². The normalized spacial score (nSPS) is 24.1. The number of cyclic esters (lactones) is 1. The Morgan fingerprint density at radius 3 is 2.54 bits per heavy atom. The van der Waals surface area contributed by atoms with Crippen LogP contribution in [0.3, 0.4) is 0 Å². The number of carbonyl (C=O) groups is 5. The lowest BCUT2D eigenvalue weighted by atomic mass is 9.98. The summed E-state index contributed by atoms with van der Waals surface area (Å²) in [6.45, 7) is 3.27. The van der Waals surface area contributed by atoms with Crippen molar-refractivity contribution in [2.24, 2.45) is 0 Å². The lowest BCUT2D eigenvalue weighted by Gasteiger charge is -2.30. The number of benzene rings is 1. The lowest BCUT2D eigenvalue weighted by Crippen LogP contribution is -2.54. The van der Waals surface area contributed by atoms with Crippen molar-refractivity contribution < 1.29 is 33.4 Å². The molecule has 1 aromatic carbocycles. The molecular weight excluding hydrogens is 528 g/mol. The van der Waals surface area contributed by atoms with Crippen LogP contribution in [0.25, 0.3) is 0 Å². The Labute approximate surface area is 232 Å². The Morgan fingerprint density at radius 1 is 1.10 bits per heavy atom. The fraction of sp³-hybridized carbons (Fsp3) is 0.593. The molecule has 4 rings (SSSR count). The van der Waals surface area contributed by atoms with Crippen molar-refractivity contribution in [3.63, 3.8) is 0 Å². The van der Waals surface area contributed by atoms with Crippen LogP contribution in [0.1, 0.15) is 75.6 Å². The standard InChI is InChI=1S/C27H35ClN4O7/c1-15(29-24(35)17-10-11-20(19(28)13-17)30-16(2)33)26(37)32-12-6-9-22(32)25(36)31-21-14-23(34)39-27(21)38-18-7-4-3-5-8-18/h10-11,13,15,18,21-22,27H,3-9,12,14H2,1-2H3,(H,29,35)(H,30,33)(H,31,36). The summed E-state index contributed by atoms with van der Waals surface area (Å²) in [5, 5.41) is 8.28. The van der Waals surface area contributed by atoms with E-state index in [1.165, 1.54) is 30.0 Å². The monoisotopic (exact) mass is 562 g/mol. The summed E-state index contributed by atoms with van der Waals surface area (Å²) < 4.78 is 11.4. The highest BCUT2D eigenvalue weighted by atomic mass is 35.5. The fourth-order valence-electron chi connectivity index (χ4n) is 5.29. The van der Waals surface area contributed by atoms with Gasteiger partial charge in [0, 0.05) is 19.0 Å². The SMILES string of the molecule is CC(=O)Nc1ccc(C(=O)NC(C)C(=O)N2CCCC2C(=O)NC2CC(=O)OC2OC2CCCCC2)cc1Cl. The van der Waals surface area contributed by atoms with Crippen LogP contribution in [0.2, 0.25) is 5.02 Å². The number of anilines is 1. The summed E-state index contributed by atoms with van der Waals surface area (Å²) in [4.78, 5) is 63.9. The first-order chi connectivity index (χ1) is 18.6. The van der Waals surface area contributed by atoms with Crippen LogP contribution in [-0.2, 0) is 28.7 Å². The van der Waals surface area contributed by atoms with Crippen molar-refractivity contribution in [3.8, 4) is 0 Å². The third kappa shape index (κ3) is 7.27. The summed E-state index contributed by atoms with van der Waals surface area (Å²) in [6.07, 6.45) is 5.35. The Balaban J connectivity index is 1.34. The number of hydrogen-bond acceptors (Lipinski definition) is 7. The van der Waals surface area contributed by atoms with Gasteiger partial charge in [-0.15, -0.1) is 0 Å². The minimum absolute atomic E-state index is 0.000413. The topological polar surface area (TPSA) is 143 Å². The molecule has 212 valence electrons. The number of ether oxygens (including phenoxy) is 2. The number of amides is 4. The summed E-state index contributed by atoms with van der Waals surface area (Å²) in [5.41, 5.74) is 0.593. The molecule has 0 radical (unpaired) electrons. The van der Waals surface area contributed by atoms with Gasteiger partial charge >= 0.3 is 5.97 Å². The molecule has 3 fully saturated rings. The quantitative estimate of drug-likeness (QED) is 0.413. The molecule has 4 atom stereocenters. The molecule has 2 saturated heterocycles. The van der Waals surface area contributed by atoms with Gasteiger partial charge in [-0.25, -0.2) is 0 Å². The van der Waals surface area contributed by atoms with E-state index in [0.717, 1.165) is 32.1 Å². The number of carbonyl (C=O) groups excluding carboxylic acids is 5. The highest BCUT2D eigenvalue weighted by Gasteiger charge is 2.42. The molecule has 1 aromatic rings. The van der Waals surface area contributed by atoms with E-state index in [0.29, 0.717) is 25.1 Å². The summed E-state index contributed by atoms with van der Waals surface area (Å²) in [7, 11) is 0. The Kier molecular flexibility index (Phi) is 9.45. The van der Waals surface area contributed by atoms with Crippen LogP contribution in [-0.4, -0.2) is 71.6 Å². The van der Waals surface area contributed by atoms with Gasteiger partial charge in [-0.2, -0.15) is 0 Å². The molecule has 3 N–H and O–H groups in total. The van der Waals surface area contributed by atoms with Crippen LogP contribution in [0.4, 0.5) is 5.69 Å². The van der Waals surface area contributed by atoms with Gasteiger partial charge in [0.15, 0.2) is 0 Å². The molecule has 12 heteroatoms.